The monoisotopic (exact) mass is 608 g/mol. The van der Waals surface area contributed by atoms with Crippen LogP contribution < -0.4 is 0 Å². The van der Waals surface area contributed by atoms with E-state index >= 15 is 0 Å². The fraction of sp³-hybridized carbons (Fsp3) is 0.844. The molecule has 6 aliphatic rings. The summed E-state index contributed by atoms with van der Waals surface area (Å²) in [5, 5.41) is 55.0. The van der Waals surface area contributed by atoms with Crippen LogP contribution in [0.3, 0.4) is 0 Å². The fourth-order valence-electron chi connectivity index (χ4n) is 9.75. The van der Waals surface area contributed by atoms with E-state index in [2.05, 4.69) is 6.92 Å². The molecule has 11 heteroatoms. The van der Waals surface area contributed by atoms with Crippen molar-refractivity contribution in [2.75, 3.05) is 6.61 Å². The second-order valence-electron chi connectivity index (χ2n) is 14.3. The lowest BCUT2D eigenvalue weighted by atomic mass is 9.41. The highest BCUT2D eigenvalue weighted by Gasteiger charge is 2.71. The average molecular weight is 609 g/mol. The number of hydrogen-bond acceptors (Lipinski definition) is 11. The molecule has 1 saturated heterocycles. The molecule has 5 fully saturated rings. The van der Waals surface area contributed by atoms with Gasteiger partial charge in [0.15, 0.2) is 6.29 Å². The van der Waals surface area contributed by atoms with E-state index in [0.29, 0.717) is 44.9 Å². The minimum absolute atomic E-state index is 0.0465. The van der Waals surface area contributed by atoms with E-state index in [1.807, 2.05) is 0 Å². The number of fused-ring (bicyclic) bond motifs is 5. The van der Waals surface area contributed by atoms with Gasteiger partial charge in [0, 0.05) is 17.9 Å². The van der Waals surface area contributed by atoms with Crippen molar-refractivity contribution >= 4 is 18.0 Å². The van der Waals surface area contributed by atoms with E-state index in [9.17, 15) is 39.9 Å². The number of esters is 1. The SMILES string of the molecule is CC(C)=O.C[C@@H]1O[C@@H](O[C@H]2CC[C@]3(C=O)[C@H]4CC[C@]5(C)[C@@H](C6=CC(=O)OC6)CC[C@]5(O)[C@@H]4CC[C@]3(O)C2)[C@H](O)[C@H](O)[C@H]1O. The Hall–Kier alpha value is -1.73. The predicted molar refractivity (Wildman–Crippen MR) is 151 cm³/mol. The maximum absolute atomic E-state index is 13.0. The molecular weight excluding hydrogens is 560 g/mol. The molecule has 6 rings (SSSR count). The smallest absolute Gasteiger partial charge is 0.331 e. The first-order valence-electron chi connectivity index (χ1n) is 15.7. The number of aliphatic hydroxyl groups is 5. The molecule has 4 saturated carbocycles. The van der Waals surface area contributed by atoms with Crippen molar-refractivity contribution in [3.8, 4) is 0 Å². The van der Waals surface area contributed by atoms with Crippen LogP contribution in [0.15, 0.2) is 11.6 Å². The number of aldehydes is 1. The number of carbonyl (C=O) groups excluding carboxylic acids is 3. The van der Waals surface area contributed by atoms with Crippen molar-refractivity contribution < 1.29 is 54.1 Å². The quantitative estimate of drug-likeness (QED) is 0.177. The van der Waals surface area contributed by atoms with Gasteiger partial charge in [-0.05, 0) is 95.5 Å². The molecule has 0 spiro atoms. The van der Waals surface area contributed by atoms with Crippen molar-refractivity contribution in [1.29, 1.82) is 0 Å². The lowest BCUT2D eigenvalue weighted by Gasteiger charge is -2.65. The summed E-state index contributed by atoms with van der Waals surface area (Å²) in [6.45, 7) is 7.04. The third-order valence-corrected chi connectivity index (χ3v) is 12.0. The number of carbonyl (C=O) groups is 3. The summed E-state index contributed by atoms with van der Waals surface area (Å²) in [6, 6.07) is 0. The van der Waals surface area contributed by atoms with Crippen LogP contribution in [0.1, 0.15) is 85.5 Å². The van der Waals surface area contributed by atoms with Gasteiger partial charge in [-0.25, -0.2) is 4.79 Å². The molecule has 0 aromatic rings. The minimum atomic E-state index is -1.43. The Morgan fingerprint density at radius 1 is 0.977 bits per heavy atom. The number of Topliss-reactive ketones (excluding diaryl/α,β-unsaturated/α-hetero) is 1. The second-order valence-corrected chi connectivity index (χ2v) is 14.3. The zero-order valence-electron chi connectivity index (χ0n) is 25.6. The Kier molecular flexibility index (Phi) is 8.79. The zero-order chi connectivity index (χ0) is 31.5. The summed E-state index contributed by atoms with van der Waals surface area (Å²) in [4.78, 5) is 34.2. The summed E-state index contributed by atoms with van der Waals surface area (Å²) < 4.78 is 16.9. The topological polar surface area (TPSA) is 180 Å². The Bertz CT molecular complexity index is 1140. The van der Waals surface area contributed by atoms with Gasteiger partial charge in [0.25, 0.3) is 0 Å². The van der Waals surface area contributed by atoms with Crippen molar-refractivity contribution in [2.45, 2.75) is 133 Å². The second kappa shape index (κ2) is 11.6. The molecule has 0 bridgehead atoms. The first-order chi connectivity index (χ1) is 20.1. The van der Waals surface area contributed by atoms with Gasteiger partial charge in [-0.2, -0.15) is 0 Å². The van der Waals surface area contributed by atoms with E-state index in [4.69, 9.17) is 14.2 Å². The van der Waals surface area contributed by atoms with Crippen molar-refractivity contribution in [2.24, 2.45) is 28.6 Å². The third kappa shape index (κ3) is 5.13. The van der Waals surface area contributed by atoms with E-state index < -0.39 is 58.8 Å². The summed E-state index contributed by atoms with van der Waals surface area (Å²) in [7, 11) is 0. The molecule has 2 aliphatic heterocycles. The highest BCUT2D eigenvalue weighted by Crippen LogP contribution is 2.70. The molecule has 0 aromatic carbocycles. The number of ketones is 1. The van der Waals surface area contributed by atoms with Crippen LogP contribution in [-0.4, -0.2) is 98.2 Å². The summed E-state index contributed by atoms with van der Waals surface area (Å²) >= 11 is 0. The van der Waals surface area contributed by atoms with Crippen molar-refractivity contribution in [3.05, 3.63) is 11.6 Å². The normalized spacial score (nSPS) is 50.7. The van der Waals surface area contributed by atoms with Gasteiger partial charge < -0.3 is 49.3 Å². The highest BCUT2D eigenvalue weighted by molar-refractivity contribution is 5.85. The molecule has 0 radical (unpaired) electrons. The van der Waals surface area contributed by atoms with Crippen LogP contribution >= 0.6 is 0 Å². The number of ether oxygens (including phenoxy) is 3. The average Bonchev–Trinajstić information content (AvgIpc) is 3.49. The maximum Gasteiger partial charge on any atom is 0.331 e. The minimum Gasteiger partial charge on any atom is -0.458 e. The molecule has 5 N–H and O–H groups in total. The Labute approximate surface area is 252 Å². The van der Waals surface area contributed by atoms with Gasteiger partial charge in [0.1, 0.15) is 37.0 Å². The van der Waals surface area contributed by atoms with Crippen molar-refractivity contribution in [3.63, 3.8) is 0 Å². The van der Waals surface area contributed by atoms with Crippen LogP contribution in [0, 0.1) is 28.6 Å². The molecule has 0 aromatic heterocycles. The predicted octanol–water partition coefficient (Wildman–Crippen LogP) is 1.35. The van der Waals surface area contributed by atoms with Crippen LogP contribution in [0.2, 0.25) is 0 Å². The van der Waals surface area contributed by atoms with Gasteiger partial charge >= 0.3 is 5.97 Å². The van der Waals surface area contributed by atoms with E-state index in [0.717, 1.165) is 18.3 Å². The molecule has 43 heavy (non-hydrogen) atoms. The Morgan fingerprint density at radius 2 is 1.65 bits per heavy atom. The van der Waals surface area contributed by atoms with Gasteiger partial charge in [-0.15, -0.1) is 0 Å². The molecule has 0 unspecified atom stereocenters. The zero-order valence-corrected chi connectivity index (χ0v) is 25.6. The fourth-order valence-corrected chi connectivity index (χ4v) is 9.75. The van der Waals surface area contributed by atoms with E-state index in [1.165, 1.54) is 13.8 Å². The van der Waals surface area contributed by atoms with E-state index in [-0.39, 0.29) is 42.5 Å². The summed E-state index contributed by atoms with van der Waals surface area (Å²) in [5.41, 5.74) is -2.86. The van der Waals surface area contributed by atoms with Gasteiger partial charge in [-0.3, -0.25) is 0 Å². The molecule has 2 heterocycles. The molecule has 242 valence electrons. The van der Waals surface area contributed by atoms with Crippen molar-refractivity contribution in [1.82, 2.24) is 0 Å². The van der Waals surface area contributed by atoms with E-state index in [1.54, 1.807) is 13.0 Å². The summed E-state index contributed by atoms with van der Waals surface area (Å²) in [5.74, 6) is -0.449. The highest BCUT2D eigenvalue weighted by atomic mass is 16.7. The molecule has 13 atom stereocenters. The number of cyclic esters (lactones) is 1. The number of aliphatic hydroxyl groups excluding tert-OH is 3. The summed E-state index contributed by atoms with van der Waals surface area (Å²) in [6.07, 6.45) is 0.689. The molecule has 0 amide bonds. The molecular formula is C32H48O11. The van der Waals surface area contributed by atoms with Crippen LogP contribution in [0.5, 0.6) is 0 Å². The first-order valence-corrected chi connectivity index (χ1v) is 15.7. The van der Waals surface area contributed by atoms with Crippen LogP contribution in [-0.2, 0) is 28.6 Å². The number of rotatable bonds is 4. The lowest BCUT2D eigenvalue weighted by Crippen LogP contribution is -2.69. The lowest BCUT2D eigenvalue weighted by molar-refractivity contribution is -0.317. The first kappa shape index (κ1) is 32.7. The van der Waals surface area contributed by atoms with Gasteiger partial charge in [0.05, 0.1) is 28.8 Å². The van der Waals surface area contributed by atoms with Crippen LogP contribution in [0.25, 0.3) is 0 Å². The third-order valence-electron chi connectivity index (χ3n) is 12.0. The standard InChI is InChI=1S/C29H42O10.C3H6O/c1-15-22(32)23(33)24(34)25(38-15)39-17-3-8-27(14-30)19-4-7-26(2)18(16-11-21(31)37-13-16)6-10-29(26,36)20(19)5-9-28(27,35)12-17;1-3(2)4/h11,14-15,17-20,22-25,32-36H,3-10,12-13H2,1-2H3;1-2H3/t15-,17-,18+,19-,20+,22-,23+,24+,25-,26+,27-,28-,29-;/m0./s1. The van der Waals surface area contributed by atoms with Gasteiger partial charge in [0.2, 0.25) is 0 Å². The largest absolute Gasteiger partial charge is 0.458 e. The van der Waals surface area contributed by atoms with Crippen LogP contribution in [0.4, 0.5) is 0 Å². The van der Waals surface area contributed by atoms with Gasteiger partial charge in [-0.1, -0.05) is 6.92 Å². The Morgan fingerprint density at radius 3 is 2.28 bits per heavy atom. The molecule has 4 aliphatic carbocycles. The maximum atomic E-state index is 13.0. The number of hydrogen-bond donors (Lipinski definition) is 5. The Balaban J connectivity index is 0.000000868. The molecule has 11 nitrogen and oxygen atoms in total.